The van der Waals surface area contributed by atoms with Gasteiger partial charge in [-0.15, -0.1) is 5.10 Å². The lowest BCUT2D eigenvalue weighted by atomic mass is 10.1. The molecule has 1 heterocycles. The summed E-state index contributed by atoms with van der Waals surface area (Å²) < 4.78 is 1.58. The van der Waals surface area contributed by atoms with Gasteiger partial charge in [0.25, 0.3) is 0 Å². The fourth-order valence-corrected chi connectivity index (χ4v) is 2.04. The quantitative estimate of drug-likeness (QED) is 0.907. The van der Waals surface area contributed by atoms with Crippen LogP contribution in [0.25, 0.3) is 11.4 Å². The van der Waals surface area contributed by atoms with E-state index in [1.165, 1.54) is 0 Å². The lowest BCUT2D eigenvalue weighted by Crippen LogP contribution is -2.14. The molecule has 1 atom stereocenters. The van der Waals surface area contributed by atoms with E-state index in [-0.39, 0.29) is 12.3 Å². The number of carbonyl (C=O) groups is 1. The van der Waals surface area contributed by atoms with Crippen molar-refractivity contribution in [1.82, 2.24) is 20.2 Å². The van der Waals surface area contributed by atoms with Crippen molar-refractivity contribution in [3.05, 3.63) is 29.3 Å². The van der Waals surface area contributed by atoms with E-state index in [0.29, 0.717) is 17.4 Å². The van der Waals surface area contributed by atoms with Gasteiger partial charge in [-0.05, 0) is 28.5 Å². The number of nitrogens with zero attached hydrogens (tertiary/aromatic N) is 4. The second kappa shape index (κ2) is 5.79. The van der Waals surface area contributed by atoms with Crippen LogP contribution >= 0.6 is 11.6 Å². The van der Waals surface area contributed by atoms with Gasteiger partial charge in [-0.1, -0.05) is 30.7 Å². The first-order valence-electron chi connectivity index (χ1n) is 5.80. The van der Waals surface area contributed by atoms with Crippen LogP contribution < -0.4 is 0 Å². The van der Waals surface area contributed by atoms with Crippen LogP contribution in [0.15, 0.2) is 24.3 Å². The molecule has 0 aliphatic carbocycles. The van der Waals surface area contributed by atoms with Gasteiger partial charge in [-0.3, -0.25) is 4.79 Å². The molecule has 2 rings (SSSR count). The van der Waals surface area contributed by atoms with E-state index in [1.807, 2.05) is 25.1 Å². The standard InChI is InChI=1S/C12H13ClN4O2/c1-8(6-11(18)19)7-17-12(14-15-16-17)9-4-2-3-5-10(9)13/h2-5,8H,6-7H2,1H3,(H,18,19). The van der Waals surface area contributed by atoms with E-state index in [4.69, 9.17) is 16.7 Å². The zero-order valence-electron chi connectivity index (χ0n) is 10.3. The third kappa shape index (κ3) is 3.29. The highest BCUT2D eigenvalue weighted by atomic mass is 35.5. The van der Waals surface area contributed by atoms with Crippen molar-refractivity contribution < 1.29 is 9.90 Å². The molecule has 1 unspecified atom stereocenters. The summed E-state index contributed by atoms with van der Waals surface area (Å²) in [5.74, 6) is -0.357. The Balaban J connectivity index is 2.23. The predicted octanol–water partition coefficient (Wildman–Crippen LogP) is 2.10. The molecule has 1 N–H and O–H groups in total. The smallest absolute Gasteiger partial charge is 0.303 e. The maximum Gasteiger partial charge on any atom is 0.303 e. The lowest BCUT2D eigenvalue weighted by molar-refractivity contribution is -0.138. The van der Waals surface area contributed by atoms with E-state index in [9.17, 15) is 4.79 Å². The Bertz CT molecular complexity index is 585. The molecule has 6 nitrogen and oxygen atoms in total. The summed E-state index contributed by atoms with van der Waals surface area (Å²) in [6.45, 7) is 2.27. The van der Waals surface area contributed by atoms with Gasteiger partial charge in [-0.2, -0.15) is 0 Å². The SMILES string of the molecule is CC(CC(=O)O)Cn1nnnc1-c1ccccc1Cl. The van der Waals surface area contributed by atoms with Crippen LogP contribution in [0.2, 0.25) is 5.02 Å². The molecule has 19 heavy (non-hydrogen) atoms. The Morgan fingerprint density at radius 3 is 2.89 bits per heavy atom. The van der Waals surface area contributed by atoms with Gasteiger partial charge in [0.15, 0.2) is 5.82 Å². The van der Waals surface area contributed by atoms with Crippen molar-refractivity contribution in [1.29, 1.82) is 0 Å². The monoisotopic (exact) mass is 280 g/mol. The maximum atomic E-state index is 10.7. The van der Waals surface area contributed by atoms with E-state index < -0.39 is 5.97 Å². The van der Waals surface area contributed by atoms with Gasteiger partial charge >= 0.3 is 5.97 Å². The fraction of sp³-hybridized carbons (Fsp3) is 0.333. The van der Waals surface area contributed by atoms with Crippen molar-refractivity contribution in [2.24, 2.45) is 5.92 Å². The number of tetrazole rings is 1. The van der Waals surface area contributed by atoms with Gasteiger partial charge in [0.1, 0.15) is 0 Å². The molecule has 0 fully saturated rings. The second-order valence-corrected chi connectivity index (χ2v) is 4.77. The number of carboxylic acids is 1. The van der Waals surface area contributed by atoms with Crippen LogP contribution in [0.5, 0.6) is 0 Å². The van der Waals surface area contributed by atoms with Gasteiger partial charge in [-0.25, -0.2) is 4.68 Å². The maximum absolute atomic E-state index is 10.7. The Hall–Kier alpha value is -1.95. The van der Waals surface area contributed by atoms with Crippen molar-refractivity contribution in [3.63, 3.8) is 0 Å². The summed E-state index contributed by atoms with van der Waals surface area (Å²) in [4.78, 5) is 10.7. The molecule has 0 spiro atoms. The molecule has 0 amide bonds. The number of carboxylic acid groups (broad SMARTS) is 1. The molecule has 0 bridgehead atoms. The average molecular weight is 281 g/mol. The zero-order chi connectivity index (χ0) is 13.8. The first-order valence-corrected chi connectivity index (χ1v) is 6.18. The highest BCUT2D eigenvalue weighted by Crippen LogP contribution is 2.25. The average Bonchev–Trinajstić information content (AvgIpc) is 2.76. The Kier molecular flexibility index (Phi) is 4.11. The molecule has 2 aromatic rings. The number of benzene rings is 1. The van der Waals surface area contributed by atoms with Crippen molar-refractivity contribution in [3.8, 4) is 11.4 Å². The van der Waals surface area contributed by atoms with Crippen LogP contribution in [0, 0.1) is 5.92 Å². The number of aromatic nitrogens is 4. The molecule has 1 aromatic carbocycles. The molecule has 0 saturated carbocycles. The van der Waals surface area contributed by atoms with Crippen LogP contribution in [-0.4, -0.2) is 31.3 Å². The van der Waals surface area contributed by atoms with E-state index in [1.54, 1.807) is 10.7 Å². The molecule has 1 aromatic heterocycles. The highest BCUT2D eigenvalue weighted by molar-refractivity contribution is 6.33. The summed E-state index contributed by atoms with van der Waals surface area (Å²) in [7, 11) is 0. The van der Waals surface area contributed by atoms with Crippen LogP contribution in [0.1, 0.15) is 13.3 Å². The van der Waals surface area contributed by atoms with Crippen LogP contribution in [-0.2, 0) is 11.3 Å². The third-order valence-corrected chi connectivity index (χ3v) is 2.98. The molecule has 0 radical (unpaired) electrons. The minimum Gasteiger partial charge on any atom is -0.481 e. The minimum absolute atomic E-state index is 0.0674. The molecule has 0 aliphatic rings. The van der Waals surface area contributed by atoms with Gasteiger partial charge in [0.05, 0.1) is 5.02 Å². The number of aliphatic carboxylic acids is 1. The van der Waals surface area contributed by atoms with Crippen molar-refractivity contribution >= 4 is 17.6 Å². The van der Waals surface area contributed by atoms with Gasteiger partial charge in [0, 0.05) is 18.5 Å². The Labute approximate surface area is 115 Å². The summed E-state index contributed by atoms with van der Waals surface area (Å²) >= 11 is 6.11. The minimum atomic E-state index is -0.833. The van der Waals surface area contributed by atoms with E-state index in [0.717, 1.165) is 5.56 Å². The predicted molar refractivity (Wildman–Crippen MR) is 69.7 cm³/mol. The number of hydrogen-bond acceptors (Lipinski definition) is 4. The number of hydrogen-bond donors (Lipinski definition) is 1. The normalized spacial score (nSPS) is 12.3. The summed E-state index contributed by atoms with van der Waals surface area (Å²) in [6.07, 6.45) is 0.0713. The summed E-state index contributed by atoms with van der Waals surface area (Å²) in [6, 6.07) is 7.26. The van der Waals surface area contributed by atoms with Crippen molar-refractivity contribution in [2.75, 3.05) is 0 Å². The molecular formula is C12H13ClN4O2. The Morgan fingerprint density at radius 2 is 2.21 bits per heavy atom. The number of rotatable bonds is 5. The second-order valence-electron chi connectivity index (χ2n) is 4.37. The summed E-state index contributed by atoms with van der Waals surface area (Å²) in [5.41, 5.74) is 0.733. The molecule has 7 heteroatoms. The van der Waals surface area contributed by atoms with Crippen LogP contribution in [0.4, 0.5) is 0 Å². The highest BCUT2D eigenvalue weighted by Gasteiger charge is 2.15. The lowest BCUT2D eigenvalue weighted by Gasteiger charge is -2.10. The zero-order valence-corrected chi connectivity index (χ0v) is 11.1. The first kappa shape index (κ1) is 13.5. The van der Waals surface area contributed by atoms with Gasteiger partial charge in [0.2, 0.25) is 0 Å². The molecular weight excluding hydrogens is 268 g/mol. The van der Waals surface area contributed by atoms with E-state index in [2.05, 4.69) is 15.5 Å². The van der Waals surface area contributed by atoms with Crippen LogP contribution in [0.3, 0.4) is 0 Å². The largest absolute Gasteiger partial charge is 0.481 e. The van der Waals surface area contributed by atoms with Gasteiger partial charge < -0.3 is 5.11 Å². The fourth-order valence-electron chi connectivity index (χ4n) is 1.82. The topological polar surface area (TPSA) is 80.9 Å². The third-order valence-electron chi connectivity index (χ3n) is 2.65. The molecule has 0 saturated heterocycles. The number of halogens is 1. The van der Waals surface area contributed by atoms with E-state index >= 15 is 0 Å². The first-order chi connectivity index (χ1) is 9.08. The molecule has 100 valence electrons. The summed E-state index contributed by atoms with van der Waals surface area (Å²) in [5, 5.41) is 20.8. The van der Waals surface area contributed by atoms with Crippen molar-refractivity contribution in [2.45, 2.75) is 19.9 Å². The Morgan fingerprint density at radius 1 is 1.47 bits per heavy atom. The molecule has 0 aliphatic heterocycles.